The normalized spacial score (nSPS) is 24.2. The second-order valence-electron chi connectivity index (χ2n) is 8.35. The fraction of sp³-hybridized carbons (Fsp3) is 0.320. The van der Waals surface area contributed by atoms with E-state index >= 15 is 0 Å². The maximum absolute atomic E-state index is 11.7. The topological polar surface area (TPSA) is 46.5 Å². The first-order valence-electron chi connectivity index (χ1n) is 9.88. The number of carbonyl (C=O) groups is 1. The van der Waals surface area contributed by atoms with Crippen molar-refractivity contribution in [3.63, 3.8) is 0 Å². The molecule has 2 aliphatic rings. The van der Waals surface area contributed by atoms with Crippen LogP contribution in [0.4, 0.5) is 0 Å². The van der Waals surface area contributed by atoms with Crippen molar-refractivity contribution in [1.82, 2.24) is 0 Å². The van der Waals surface area contributed by atoms with Crippen LogP contribution in [0, 0.1) is 5.41 Å². The minimum absolute atomic E-state index is 0.0622. The van der Waals surface area contributed by atoms with Crippen molar-refractivity contribution in [3.8, 4) is 0 Å². The number of cyclic esters (lactones) is 1. The van der Waals surface area contributed by atoms with E-state index in [1.165, 1.54) is 27.8 Å². The summed E-state index contributed by atoms with van der Waals surface area (Å²) in [6, 6.07) is 19.0. The molecule has 0 radical (unpaired) electrons. The first kappa shape index (κ1) is 18.7. The van der Waals surface area contributed by atoms with Gasteiger partial charge in [-0.3, -0.25) is 4.79 Å². The molecule has 2 atom stereocenters. The number of ether oxygens (including phenoxy) is 1. The molecule has 1 N–H and O–H groups in total. The minimum Gasteiger partial charge on any atom is -0.458 e. The van der Waals surface area contributed by atoms with Crippen LogP contribution in [0.5, 0.6) is 0 Å². The Morgan fingerprint density at radius 1 is 1.07 bits per heavy atom. The number of hydrogen-bond donors (Lipinski definition) is 1. The van der Waals surface area contributed by atoms with Gasteiger partial charge in [0.05, 0.1) is 12.5 Å². The lowest BCUT2D eigenvalue weighted by atomic mass is 9.68. The van der Waals surface area contributed by atoms with E-state index in [-0.39, 0.29) is 23.9 Å². The summed E-state index contributed by atoms with van der Waals surface area (Å²) in [4.78, 5) is 11.7. The molecule has 0 bridgehead atoms. The van der Waals surface area contributed by atoms with Crippen molar-refractivity contribution in [3.05, 3.63) is 89.0 Å². The molecule has 0 saturated carbocycles. The lowest BCUT2D eigenvalue weighted by molar-refractivity contribution is -0.156. The maximum Gasteiger partial charge on any atom is 0.309 e. The van der Waals surface area contributed by atoms with Gasteiger partial charge < -0.3 is 9.84 Å². The third kappa shape index (κ3) is 3.67. The Morgan fingerprint density at radius 2 is 1.79 bits per heavy atom. The molecule has 3 heteroatoms. The maximum atomic E-state index is 11.7. The summed E-state index contributed by atoms with van der Waals surface area (Å²) < 4.78 is 5.42. The predicted molar refractivity (Wildman–Crippen MR) is 111 cm³/mol. The number of benzene rings is 2. The average molecular weight is 374 g/mol. The lowest BCUT2D eigenvalue weighted by Crippen LogP contribution is -2.31. The van der Waals surface area contributed by atoms with Gasteiger partial charge in [0.15, 0.2) is 0 Å². The molecule has 0 unspecified atom stereocenters. The highest BCUT2D eigenvalue weighted by Gasteiger charge is 2.33. The third-order valence-corrected chi connectivity index (χ3v) is 5.65. The highest BCUT2D eigenvalue weighted by Crippen LogP contribution is 2.45. The van der Waals surface area contributed by atoms with E-state index in [2.05, 4.69) is 68.5 Å². The first-order valence-corrected chi connectivity index (χ1v) is 9.88. The monoisotopic (exact) mass is 374 g/mol. The molecule has 144 valence electrons. The molecule has 2 aromatic carbocycles. The number of esters is 1. The van der Waals surface area contributed by atoms with Crippen LogP contribution in [0.25, 0.3) is 5.57 Å². The number of rotatable bonds is 3. The molecule has 1 aliphatic heterocycles. The van der Waals surface area contributed by atoms with Gasteiger partial charge in [-0.05, 0) is 45.7 Å². The van der Waals surface area contributed by atoms with Crippen LogP contribution in [-0.4, -0.2) is 23.3 Å². The molecular formula is C25H26O3. The van der Waals surface area contributed by atoms with Crippen molar-refractivity contribution < 1.29 is 14.6 Å². The summed E-state index contributed by atoms with van der Waals surface area (Å²) in [5.41, 5.74) is 6.19. The predicted octanol–water partition coefficient (Wildman–Crippen LogP) is 4.69. The van der Waals surface area contributed by atoms with E-state index in [0.29, 0.717) is 6.42 Å². The second-order valence-corrected chi connectivity index (χ2v) is 8.35. The largest absolute Gasteiger partial charge is 0.458 e. The van der Waals surface area contributed by atoms with Gasteiger partial charge in [0, 0.05) is 6.42 Å². The Morgan fingerprint density at radius 3 is 2.54 bits per heavy atom. The van der Waals surface area contributed by atoms with Gasteiger partial charge in [-0.15, -0.1) is 0 Å². The Kier molecular flexibility index (Phi) is 4.94. The van der Waals surface area contributed by atoms with Crippen molar-refractivity contribution in [2.24, 2.45) is 5.41 Å². The van der Waals surface area contributed by atoms with Crippen molar-refractivity contribution in [2.75, 3.05) is 0 Å². The highest BCUT2D eigenvalue weighted by molar-refractivity contribution is 5.87. The van der Waals surface area contributed by atoms with Crippen LogP contribution in [0.2, 0.25) is 0 Å². The molecule has 1 saturated heterocycles. The van der Waals surface area contributed by atoms with Gasteiger partial charge >= 0.3 is 5.97 Å². The van der Waals surface area contributed by atoms with Gasteiger partial charge in [0.2, 0.25) is 0 Å². The van der Waals surface area contributed by atoms with E-state index in [1.54, 1.807) is 0 Å². The van der Waals surface area contributed by atoms with Crippen molar-refractivity contribution >= 4 is 11.5 Å². The van der Waals surface area contributed by atoms with Crippen LogP contribution < -0.4 is 0 Å². The zero-order valence-electron chi connectivity index (χ0n) is 16.4. The van der Waals surface area contributed by atoms with E-state index < -0.39 is 6.10 Å². The van der Waals surface area contributed by atoms with E-state index in [1.807, 2.05) is 12.1 Å². The SMILES string of the molecule is CC1(C)Cc2ccccc2C(c2ccccc2)=C1C=C[C@H]1C[C@H](O)CC(=O)O1. The summed E-state index contributed by atoms with van der Waals surface area (Å²) in [5.74, 6) is -0.334. The van der Waals surface area contributed by atoms with Crippen LogP contribution in [0.1, 0.15) is 43.4 Å². The molecule has 0 spiro atoms. The van der Waals surface area contributed by atoms with E-state index in [4.69, 9.17) is 4.74 Å². The molecule has 28 heavy (non-hydrogen) atoms. The number of carbonyl (C=O) groups excluding carboxylic acids is 1. The van der Waals surface area contributed by atoms with Gasteiger partial charge in [0.1, 0.15) is 6.10 Å². The van der Waals surface area contributed by atoms with Crippen LogP contribution in [-0.2, 0) is 16.0 Å². The van der Waals surface area contributed by atoms with Gasteiger partial charge in [0.25, 0.3) is 0 Å². The number of fused-ring (bicyclic) bond motifs is 1. The standard InChI is InChI=1S/C25H26O3/c1-25(2)16-18-10-6-7-11-21(18)24(17-8-4-3-5-9-17)22(25)13-12-20-14-19(26)15-23(27)28-20/h3-13,19-20,26H,14-16H2,1-2H3/t19-,20-/m0/s1. The molecule has 3 nitrogen and oxygen atoms in total. The molecule has 1 fully saturated rings. The summed E-state index contributed by atoms with van der Waals surface area (Å²) in [6.45, 7) is 4.51. The molecule has 1 aliphatic carbocycles. The zero-order valence-corrected chi connectivity index (χ0v) is 16.4. The molecule has 1 heterocycles. The molecule has 2 aromatic rings. The van der Waals surface area contributed by atoms with Gasteiger partial charge in [-0.1, -0.05) is 74.5 Å². The summed E-state index contributed by atoms with van der Waals surface area (Å²) >= 11 is 0. The zero-order chi connectivity index (χ0) is 19.7. The minimum atomic E-state index is -0.626. The first-order chi connectivity index (χ1) is 13.4. The number of aliphatic hydroxyl groups excluding tert-OH is 1. The fourth-order valence-corrected chi connectivity index (χ4v) is 4.33. The molecular weight excluding hydrogens is 348 g/mol. The van der Waals surface area contributed by atoms with Crippen molar-refractivity contribution in [1.29, 1.82) is 0 Å². The smallest absolute Gasteiger partial charge is 0.309 e. The third-order valence-electron chi connectivity index (χ3n) is 5.65. The quantitative estimate of drug-likeness (QED) is 0.793. The van der Waals surface area contributed by atoms with E-state index in [9.17, 15) is 9.90 Å². The summed E-state index contributed by atoms with van der Waals surface area (Å²) in [5, 5.41) is 9.90. The number of hydrogen-bond acceptors (Lipinski definition) is 3. The fourth-order valence-electron chi connectivity index (χ4n) is 4.33. The summed E-state index contributed by atoms with van der Waals surface area (Å²) in [7, 11) is 0. The molecule has 0 amide bonds. The second kappa shape index (κ2) is 7.40. The van der Waals surface area contributed by atoms with Gasteiger partial charge in [-0.2, -0.15) is 0 Å². The Labute approximate surface area is 166 Å². The van der Waals surface area contributed by atoms with E-state index in [0.717, 1.165) is 6.42 Å². The Bertz CT molecular complexity index is 937. The Balaban J connectivity index is 1.83. The summed E-state index contributed by atoms with van der Waals surface area (Å²) in [6.07, 6.45) is 4.52. The number of allylic oxidation sites excluding steroid dienone is 2. The highest BCUT2D eigenvalue weighted by atomic mass is 16.5. The number of aliphatic hydroxyl groups is 1. The van der Waals surface area contributed by atoms with Gasteiger partial charge in [-0.25, -0.2) is 0 Å². The lowest BCUT2D eigenvalue weighted by Gasteiger charge is -2.36. The van der Waals surface area contributed by atoms with Crippen molar-refractivity contribution in [2.45, 2.75) is 45.3 Å². The Hall–Kier alpha value is -2.65. The molecule has 4 rings (SSSR count). The van der Waals surface area contributed by atoms with Crippen LogP contribution in [0.3, 0.4) is 0 Å². The molecule has 0 aromatic heterocycles. The van der Waals surface area contributed by atoms with Crippen LogP contribution in [0.15, 0.2) is 72.3 Å². The van der Waals surface area contributed by atoms with Crippen LogP contribution >= 0.6 is 0 Å². The average Bonchev–Trinajstić information content (AvgIpc) is 2.65.